The molecule has 0 saturated carbocycles. The van der Waals surface area contributed by atoms with Gasteiger partial charge in [-0.25, -0.2) is 0 Å². The molecule has 0 aliphatic rings. The molecule has 0 amide bonds. The molecule has 5 nitrogen and oxygen atoms in total. The molecule has 2 heterocycles. The molecule has 3 rings (SSSR count). The standard InChI is InChI=1S/C20H22BrN3O2/c1-13-5-3-4-6-15(13)9-14(12-22)10-18(25)19-11-16(21)20(26-19)17-7-8-23-24(17)2/h3-8,11,14H,9-10,12,22H2,1-2H3/t14-/m1/s1. The van der Waals surface area contributed by atoms with Crippen LogP contribution in [-0.2, 0) is 13.5 Å². The van der Waals surface area contributed by atoms with Gasteiger partial charge < -0.3 is 10.2 Å². The van der Waals surface area contributed by atoms with E-state index in [9.17, 15) is 4.79 Å². The number of nitrogens with two attached hydrogens (primary N) is 1. The molecule has 2 aromatic heterocycles. The normalized spacial score (nSPS) is 12.3. The van der Waals surface area contributed by atoms with Gasteiger partial charge in [0.2, 0.25) is 0 Å². The number of hydrogen-bond acceptors (Lipinski definition) is 4. The van der Waals surface area contributed by atoms with Crippen LogP contribution in [0.25, 0.3) is 11.5 Å². The monoisotopic (exact) mass is 415 g/mol. The second-order valence-electron chi connectivity index (χ2n) is 6.49. The molecule has 0 fully saturated rings. The maximum atomic E-state index is 12.7. The highest BCUT2D eigenvalue weighted by molar-refractivity contribution is 9.10. The number of furan rings is 1. The number of carbonyl (C=O) groups excluding carboxylic acids is 1. The molecule has 0 aliphatic carbocycles. The van der Waals surface area contributed by atoms with Crippen LogP contribution >= 0.6 is 15.9 Å². The molecule has 0 aliphatic heterocycles. The second-order valence-corrected chi connectivity index (χ2v) is 7.34. The summed E-state index contributed by atoms with van der Waals surface area (Å²) in [7, 11) is 1.83. The highest BCUT2D eigenvalue weighted by atomic mass is 79.9. The number of carbonyl (C=O) groups is 1. The molecule has 2 N–H and O–H groups in total. The highest BCUT2D eigenvalue weighted by Gasteiger charge is 2.21. The summed E-state index contributed by atoms with van der Waals surface area (Å²) >= 11 is 3.48. The molecule has 1 atom stereocenters. The molecule has 0 bridgehead atoms. The van der Waals surface area contributed by atoms with Crippen molar-refractivity contribution in [3.8, 4) is 11.5 Å². The lowest BCUT2D eigenvalue weighted by Crippen LogP contribution is -2.20. The van der Waals surface area contributed by atoms with Gasteiger partial charge in [0.15, 0.2) is 17.3 Å². The second kappa shape index (κ2) is 8.01. The predicted octanol–water partition coefficient (Wildman–Crippen LogP) is 4.14. The number of rotatable bonds is 7. The summed E-state index contributed by atoms with van der Waals surface area (Å²) < 4.78 is 8.27. The average Bonchev–Trinajstić information content (AvgIpc) is 3.21. The zero-order valence-electron chi connectivity index (χ0n) is 14.9. The highest BCUT2D eigenvalue weighted by Crippen LogP contribution is 2.32. The van der Waals surface area contributed by atoms with E-state index in [1.807, 2.05) is 25.2 Å². The topological polar surface area (TPSA) is 74.1 Å². The van der Waals surface area contributed by atoms with E-state index < -0.39 is 0 Å². The summed E-state index contributed by atoms with van der Waals surface area (Å²) in [6, 6.07) is 11.8. The van der Waals surface area contributed by atoms with Gasteiger partial charge in [-0.05, 0) is 58.9 Å². The van der Waals surface area contributed by atoms with Gasteiger partial charge in [-0.1, -0.05) is 24.3 Å². The number of halogens is 1. The van der Waals surface area contributed by atoms with Crippen molar-refractivity contribution < 1.29 is 9.21 Å². The zero-order chi connectivity index (χ0) is 18.7. The molecular formula is C20H22BrN3O2. The minimum Gasteiger partial charge on any atom is -0.450 e. The van der Waals surface area contributed by atoms with Crippen molar-refractivity contribution in [3.63, 3.8) is 0 Å². The van der Waals surface area contributed by atoms with Crippen LogP contribution in [0, 0.1) is 12.8 Å². The van der Waals surface area contributed by atoms with E-state index in [-0.39, 0.29) is 11.7 Å². The van der Waals surface area contributed by atoms with Crippen LogP contribution in [0.4, 0.5) is 0 Å². The van der Waals surface area contributed by atoms with Crippen molar-refractivity contribution in [2.24, 2.45) is 18.7 Å². The van der Waals surface area contributed by atoms with E-state index in [1.54, 1.807) is 16.9 Å². The van der Waals surface area contributed by atoms with Crippen LogP contribution in [-0.4, -0.2) is 22.1 Å². The van der Waals surface area contributed by atoms with E-state index in [0.29, 0.717) is 24.5 Å². The Kier molecular flexibility index (Phi) is 5.74. The first-order valence-electron chi connectivity index (χ1n) is 8.55. The lowest BCUT2D eigenvalue weighted by atomic mass is 9.92. The Morgan fingerprint density at radius 3 is 2.77 bits per heavy atom. The fourth-order valence-corrected chi connectivity index (χ4v) is 3.52. The summed E-state index contributed by atoms with van der Waals surface area (Å²) in [5.41, 5.74) is 9.19. The Morgan fingerprint density at radius 1 is 1.35 bits per heavy atom. The molecule has 136 valence electrons. The van der Waals surface area contributed by atoms with Crippen molar-refractivity contribution >= 4 is 21.7 Å². The van der Waals surface area contributed by atoms with Crippen molar-refractivity contribution in [1.82, 2.24) is 9.78 Å². The third-order valence-electron chi connectivity index (χ3n) is 4.59. The van der Waals surface area contributed by atoms with Gasteiger partial charge in [0.1, 0.15) is 5.69 Å². The van der Waals surface area contributed by atoms with Gasteiger partial charge in [-0.2, -0.15) is 5.10 Å². The number of Topliss-reactive ketones (excluding diaryl/α,β-unsaturated/α-hetero) is 1. The smallest absolute Gasteiger partial charge is 0.198 e. The lowest BCUT2D eigenvalue weighted by Gasteiger charge is -2.15. The molecule has 3 aromatic rings. The number of aryl methyl sites for hydroxylation is 2. The molecule has 0 saturated heterocycles. The van der Waals surface area contributed by atoms with Gasteiger partial charge >= 0.3 is 0 Å². The molecular weight excluding hydrogens is 394 g/mol. The largest absolute Gasteiger partial charge is 0.450 e. The van der Waals surface area contributed by atoms with Gasteiger partial charge in [0.25, 0.3) is 0 Å². The van der Waals surface area contributed by atoms with Crippen LogP contribution in [0.1, 0.15) is 28.1 Å². The van der Waals surface area contributed by atoms with E-state index in [2.05, 4.69) is 40.1 Å². The summed E-state index contributed by atoms with van der Waals surface area (Å²) in [4.78, 5) is 12.7. The van der Waals surface area contributed by atoms with Crippen LogP contribution in [0.15, 0.2) is 51.5 Å². The third-order valence-corrected chi connectivity index (χ3v) is 5.18. The first-order chi connectivity index (χ1) is 12.5. The first-order valence-corrected chi connectivity index (χ1v) is 9.34. The van der Waals surface area contributed by atoms with E-state index >= 15 is 0 Å². The minimum atomic E-state index is -0.0387. The third kappa shape index (κ3) is 3.97. The van der Waals surface area contributed by atoms with Crippen LogP contribution < -0.4 is 5.73 Å². The predicted molar refractivity (Wildman–Crippen MR) is 105 cm³/mol. The molecule has 0 radical (unpaired) electrons. The molecule has 0 unspecified atom stereocenters. The summed E-state index contributed by atoms with van der Waals surface area (Å²) in [6.45, 7) is 2.53. The molecule has 26 heavy (non-hydrogen) atoms. The van der Waals surface area contributed by atoms with Crippen LogP contribution in [0.5, 0.6) is 0 Å². The van der Waals surface area contributed by atoms with Gasteiger partial charge in [-0.3, -0.25) is 9.48 Å². The number of hydrogen-bond donors (Lipinski definition) is 1. The minimum absolute atomic E-state index is 0.0387. The lowest BCUT2D eigenvalue weighted by molar-refractivity contribution is 0.0935. The average molecular weight is 416 g/mol. The molecule has 0 spiro atoms. The van der Waals surface area contributed by atoms with E-state index in [0.717, 1.165) is 16.6 Å². The van der Waals surface area contributed by atoms with E-state index in [1.165, 1.54) is 11.1 Å². The SMILES string of the molecule is Cc1ccccc1C[C@@H](CN)CC(=O)c1cc(Br)c(-c2ccnn2C)o1. The maximum Gasteiger partial charge on any atom is 0.198 e. The Balaban J connectivity index is 1.75. The number of aromatic nitrogens is 2. The number of ketones is 1. The Labute approximate surface area is 161 Å². The zero-order valence-corrected chi connectivity index (χ0v) is 16.5. The molecule has 6 heteroatoms. The Hall–Kier alpha value is -2.18. The van der Waals surface area contributed by atoms with Crippen LogP contribution in [0.3, 0.4) is 0 Å². The fourth-order valence-electron chi connectivity index (χ4n) is 3.03. The summed E-state index contributed by atoms with van der Waals surface area (Å²) in [5, 5.41) is 4.14. The Bertz CT molecular complexity index is 913. The van der Waals surface area contributed by atoms with Crippen molar-refractivity contribution in [2.75, 3.05) is 6.54 Å². The molecule has 1 aromatic carbocycles. The summed E-state index contributed by atoms with van der Waals surface area (Å²) in [5.74, 6) is 0.989. The van der Waals surface area contributed by atoms with Crippen molar-refractivity contribution in [3.05, 3.63) is 64.0 Å². The quantitative estimate of drug-likeness (QED) is 0.588. The van der Waals surface area contributed by atoms with Gasteiger partial charge in [0, 0.05) is 25.7 Å². The van der Waals surface area contributed by atoms with Gasteiger partial charge in [-0.15, -0.1) is 0 Å². The fraction of sp³-hybridized carbons (Fsp3) is 0.300. The van der Waals surface area contributed by atoms with Crippen molar-refractivity contribution in [1.29, 1.82) is 0 Å². The van der Waals surface area contributed by atoms with Crippen LogP contribution in [0.2, 0.25) is 0 Å². The maximum absolute atomic E-state index is 12.7. The summed E-state index contributed by atoms with van der Waals surface area (Å²) in [6.07, 6.45) is 2.83. The van der Waals surface area contributed by atoms with E-state index in [4.69, 9.17) is 10.2 Å². The Morgan fingerprint density at radius 2 is 2.12 bits per heavy atom. The number of benzene rings is 1. The first kappa shape index (κ1) is 18.6. The number of nitrogens with zero attached hydrogens (tertiary/aromatic N) is 2. The van der Waals surface area contributed by atoms with Gasteiger partial charge in [0.05, 0.1) is 4.47 Å². The van der Waals surface area contributed by atoms with Crippen molar-refractivity contribution in [2.45, 2.75) is 19.8 Å².